The van der Waals surface area contributed by atoms with Crippen LogP contribution in [0.1, 0.15) is 40.7 Å². The van der Waals surface area contributed by atoms with E-state index in [0.29, 0.717) is 5.56 Å². The van der Waals surface area contributed by atoms with Gasteiger partial charge in [0, 0.05) is 42.7 Å². The summed E-state index contributed by atoms with van der Waals surface area (Å²) < 4.78 is 7.18. The average molecular weight is 382 g/mol. The zero-order valence-corrected chi connectivity index (χ0v) is 16.8. The van der Waals surface area contributed by atoms with E-state index in [-0.39, 0.29) is 31.3 Å². The molecule has 0 unspecified atom stereocenters. The number of aryl methyl sites for hydroxylation is 2. The summed E-state index contributed by atoms with van der Waals surface area (Å²) >= 11 is 0. The van der Waals surface area contributed by atoms with Crippen molar-refractivity contribution < 1.29 is 19.1 Å². The number of rotatable bonds is 6. The number of esters is 1. The predicted molar refractivity (Wildman–Crippen MR) is 106 cm³/mol. The van der Waals surface area contributed by atoms with Crippen molar-refractivity contribution in [1.82, 2.24) is 4.57 Å². The highest BCUT2D eigenvalue weighted by molar-refractivity contribution is 6.01. The summed E-state index contributed by atoms with van der Waals surface area (Å²) in [4.78, 5) is 39.0. The Hall–Kier alpha value is -2.89. The van der Waals surface area contributed by atoms with Gasteiger partial charge in [0.25, 0.3) is 0 Å². The SMILES string of the molecule is CCc1ccccc1N1C[C@@H](C(=O)OCC(=O)c2cc(C)n(C)c2C)CC1=O. The van der Waals surface area contributed by atoms with E-state index in [1.807, 2.05) is 56.7 Å². The van der Waals surface area contributed by atoms with Crippen LogP contribution in [0.15, 0.2) is 30.3 Å². The van der Waals surface area contributed by atoms with Crippen LogP contribution < -0.4 is 4.90 Å². The van der Waals surface area contributed by atoms with Gasteiger partial charge in [0.2, 0.25) is 11.7 Å². The van der Waals surface area contributed by atoms with E-state index in [1.165, 1.54) is 0 Å². The van der Waals surface area contributed by atoms with E-state index < -0.39 is 11.9 Å². The third-order valence-electron chi connectivity index (χ3n) is 5.54. The van der Waals surface area contributed by atoms with Gasteiger partial charge in [-0.3, -0.25) is 14.4 Å². The van der Waals surface area contributed by atoms with E-state index >= 15 is 0 Å². The van der Waals surface area contributed by atoms with Gasteiger partial charge in [-0.15, -0.1) is 0 Å². The van der Waals surface area contributed by atoms with Gasteiger partial charge >= 0.3 is 5.97 Å². The molecule has 1 atom stereocenters. The zero-order chi connectivity index (χ0) is 20.4. The minimum Gasteiger partial charge on any atom is -0.457 e. The van der Waals surface area contributed by atoms with Crippen molar-refractivity contribution in [1.29, 1.82) is 0 Å². The minimum absolute atomic E-state index is 0.0938. The molecule has 0 spiro atoms. The standard InChI is InChI=1S/C22H26N2O4/c1-5-16-8-6-7-9-19(16)24-12-17(11-21(24)26)22(27)28-13-20(25)18-10-14(2)23(4)15(18)3/h6-10,17H,5,11-13H2,1-4H3/t17-/m0/s1. The molecule has 1 aromatic heterocycles. The monoisotopic (exact) mass is 382 g/mol. The summed E-state index contributed by atoms with van der Waals surface area (Å²) in [5, 5.41) is 0. The molecule has 1 saturated heterocycles. The van der Waals surface area contributed by atoms with Gasteiger partial charge in [-0.2, -0.15) is 0 Å². The summed E-state index contributed by atoms with van der Waals surface area (Å²) in [5.41, 5.74) is 4.29. The maximum atomic E-state index is 12.5. The summed E-state index contributed by atoms with van der Waals surface area (Å²) in [7, 11) is 1.89. The van der Waals surface area contributed by atoms with E-state index in [1.54, 1.807) is 11.0 Å². The first-order chi connectivity index (χ1) is 13.3. The molecule has 1 amide bonds. The third-order valence-corrected chi connectivity index (χ3v) is 5.54. The number of nitrogens with zero attached hydrogens (tertiary/aromatic N) is 2. The van der Waals surface area contributed by atoms with Gasteiger partial charge in [0.15, 0.2) is 6.61 Å². The molecule has 2 aromatic rings. The Labute approximate surface area is 165 Å². The van der Waals surface area contributed by atoms with Crippen molar-refractivity contribution in [2.45, 2.75) is 33.6 Å². The predicted octanol–water partition coefficient (Wildman–Crippen LogP) is 2.98. The Bertz CT molecular complexity index is 929. The maximum absolute atomic E-state index is 12.5. The van der Waals surface area contributed by atoms with E-state index in [0.717, 1.165) is 29.1 Å². The van der Waals surface area contributed by atoms with Gasteiger partial charge in [-0.05, 0) is 38.0 Å². The average Bonchev–Trinajstić information content (AvgIpc) is 3.20. The van der Waals surface area contributed by atoms with Crippen LogP contribution in [0.5, 0.6) is 0 Å². The molecule has 6 nitrogen and oxygen atoms in total. The number of aromatic nitrogens is 1. The number of hydrogen-bond donors (Lipinski definition) is 0. The lowest BCUT2D eigenvalue weighted by Crippen LogP contribution is -2.28. The van der Waals surface area contributed by atoms with Crippen molar-refractivity contribution in [2.75, 3.05) is 18.1 Å². The fourth-order valence-electron chi connectivity index (χ4n) is 3.64. The molecular weight excluding hydrogens is 356 g/mol. The molecule has 2 heterocycles. The van der Waals surface area contributed by atoms with Crippen LogP contribution in [0.2, 0.25) is 0 Å². The van der Waals surface area contributed by atoms with Crippen molar-refractivity contribution in [3.63, 3.8) is 0 Å². The number of Topliss-reactive ketones (excluding diaryl/α,β-unsaturated/α-hetero) is 1. The highest BCUT2D eigenvalue weighted by atomic mass is 16.5. The molecule has 0 N–H and O–H groups in total. The van der Waals surface area contributed by atoms with Crippen molar-refractivity contribution in [2.24, 2.45) is 13.0 Å². The van der Waals surface area contributed by atoms with E-state index in [4.69, 9.17) is 4.74 Å². The molecule has 28 heavy (non-hydrogen) atoms. The Kier molecular flexibility index (Phi) is 5.68. The molecular formula is C22H26N2O4. The Morgan fingerprint density at radius 3 is 2.57 bits per heavy atom. The van der Waals surface area contributed by atoms with Crippen LogP contribution in [-0.4, -0.2) is 35.4 Å². The third kappa shape index (κ3) is 3.72. The lowest BCUT2D eigenvalue weighted by molar-refractivity contribution is -0.147. The molecule has 1 aliphatic rings. The number of benzene rings is 1. The molecule has 1 aliphatic heterocycles. The lowest BCUT2D eigenvalue weighted by atomic mass is 10.1. The maximum Gasteiger partial charge on any atom is 0.311 e. The van der Waals surface area contributed by atoms with Crippen LogP contribution in [0.3, 0.4) is 0 Å². The molecule has 6 heteroatoms. The van der Waals surface area contributed by atoms with Crippen LogP contribution in [-0.2, 0) is 27.8 Å². The lowest BCUT2D eigenvalue weighted by Gasteiger charge is -2.19. The first kappa shape index (κ1) is 19.9. The molecule has 1 fully saturated rings. The first-order valence-corrected chi connectivity index (χ1v) is 9.54. The quantitative estimate of drug-likeness (QED) is 0.569. The highest BCUT2D eigenvalue weighted by Gasteiger charge is 2.37. The molecule has 3 rings (SSSR count). The van der Waals surface area contributed by atoms with E-state index in [9.17, 15) is 14.4 Å². The summed E-state index contributed by atoms with van der Waals surface area (Å²) in [5.74, 6) is -1.37. The summed E-state index contributed by atoms with van der Waals surface area (Å²) in [6.45, 7) is 5.79. The first-order valence-electron chi connectivity index (χ1n) is 9.54. The molecule has 0 aliphatic carbocycles. The Morgan fingerprint density at radius 1 is 1.21 bits per heavy atom. The van der Waals surface area contributed by atoms with Crippen LogP contribution in [0.25, 0.3) is 0 Å². The Morgan fingerprint density at radius 2 is 1.93 bits per heavy atom. The fourth-order valence-corrected chi connectivity index (χ4v) is 3.64. The van der Waals surface area contributed by atoms with E-state index in [2.05, 4.69) is 0 Å². The fraction of sp³-hybridized carbons (Fsp3) is 0.409. The topological polar surface area (TPSA) is 68.6 Å². The zero-order valence-electron chi connectivity index (χ0n) is 16.8. The van der Waals surface area contributed by atoms with Gasteiger partial charge in [0.1, 0.15) is 0 Å². The van der Waals surface area contributed by atoms with Gasteiger partial charge < -0.3 is 14.2 Å². The van der Waals surface area contributed by atoms with Crippen LogP contribution in [0.4, 0.5) is 5.69 Å². The number of ether oxygens (including phenoxy) is 1. The largest absolute Gasteiger partial charge is 0.457 e. The van der Waals surface area contributed by atoms with Gasteiger partial charge in [0.05, 0.1) is 5.92 Å². The number of carbonyl (C=O) groups excluding carboxylic acids is 3. The molecule has 0 bridgehead atoms. The number of carbonyl (C=O) groups is 3. The van der Waals surface area contributed by atoms with Crippen molar-refractivity contribution in [3.8, 4) is 0 Å². The number of amides is 1. The second-order valence-corrected chi connectivity index (χ2v) is 7.26. The van der Waals surface area contributed by atoms with Crippen LogP contribution >= 0.6 is 0 Å². The van der Waals surface area contributed by atoms with Crippen LogP contribution in [0, 0.1) is 19.8 Å². The summed E-state index contributed by atoms with van der Waals surface area (Å²) in [6, 6.07) is 9.50. The van der Waals surface area contributed by atoms with Gasteiger partial charge in [-0.1, -0.05) is 25.1 Å². The number of para-hydroxylation sites is 1. The molecule has 148 valence electrons. The van der Waals surface area contributed by atoms with Crippen molar-refractivity contribution in [3.05, 3.63) is 52.8 Å². The molecule has 0 saturated carbocycles. The summed E-state index contributed by atoms with van der Waals surface area (Å²) in [6.07, 6.45) is 0.911. The van der Waals surface area contributed by atoms with Crippen molar-refractivity contribution >= 4 is 23.3 Å². The number of hydrogen-bond acceptors (Lipinski definition) is 4. The van der Waals surface area contributed by atoms with Gasteiger partial charge in [-0.25, -0.2) is 0 Å². The second-order valence-electron chi connectivity index (χ2n) is 7.26. The smallest absolute Gasteiger partial charge is 0.311 e. The number of anilines is 1. The normalized spacial score (nSPS) is 16.5. The number of ketones is 1. The highest BCUT2D eigenvalue weighted by Crippen LogP contribution is 2.29. The minimum atomic E-state index is -0.552. The Balaban J connectivity index is 1.63. The molecule has 1 aromatic carbocycles. The second kappa shape index (κ2) is 8.00. The molecule has 0 radical (unpaired) electrons.